The normalized spacial score (nSPS) is 25.6. The standard InChI is InChI=1S/C8H15NO3/c1-2-9-3-4-12-6-7(9)5-8(10)11/h7H,2-6H2,1H3,(H,10,11)/t7-/m0/s1. The van der Waals surface area contributed by atoms with Crippen molar-refractivity contribution in [1.82, 2.24) is 4.90 Å². The second kappa shape index (κ2) is 4.42. The fourth-order valence-corrected chi connectivity index (χ4v) is 1.50. The van der Waals surface area contributed by atoms with Crippen LogP contribution in [0, 0.1) is 0 Å². The minimum absolute atomic E-state index is 0.0706. The third-order valence-corrected chi connectivity index (χ3v) is 2.17. The lowest BCUT2D eigenvalue weighted by Gasteiger charge is -2.33. The number of morpholine rings is 1. The van der Waals surface area contributed by atoms with Crippen molar-refractivity contribution in [1.29, 1.82) is 0 Å². The SMILES string of the molecule is CCN1CCOC[C@@H]1CC(=O)O. The summed E-state index contributed by atoms with van der Waals surface area (Å²) in [6.45, 7) is 5.08. The molecule has 0 spiro atoms. The van der Waals surface area contributed by atoms with Crippen LogP contribution in [0.15, 0.2) is 0 Å². The molecular formula is C8H15NO3. The molecule has 1 fully saturated rings. The number of rotatable bonds is 3. The average Bonchev–Trinajstić information content (AvgIpc) is 2.04. The maximum Gasteiger partial charge on any atom is 0.305 e. The molecular weight excluding hydrogens is 158 g/mol. The van der Waals surface area contributed by atoms with Gasteiger partial charge in [-0.05, 0) is 6.54 Å². The second-order valence-electron chi connectivity index (χ2n) is 2.96. The molecule has 1 heterocycles. The lowest BCUT2D eigenvalue weighted by molar-refractivity contribution is -0.140. The predicted molar refractivity (Wildman–Crippen MR) is 44.1 cm³/mol. The van der Waals surface area contributed by atoms with Crippen molar-refractivity contribution in [2.45, 2.75) is 19.4 Å². The highest BCUT2D eigenvalue weighted by Gasteiger charge is 2.23. The molecule has 4 heteroatoms. The van der Waals surface area contributed by atoms with Gasteiger partial charge in [-0.2, -0.15) is 0 Å². The van der Waals surface area contributed by atoms with E-state index in [9.17, 15) is 4.79 Å². The third-order valence-electron chi connectivity index (χ3n) is 2.17. The molecule has 1 aliphatic heterocycles. The number of nitrogens with zero attached hydrogens (tertiary/aromatic N) is 1. The van der Waals surface area contributed by atoms with Crippen molar-refractivity contribution in [3.63, 3.8) is 0 Å². The summed E-state index contributed by atoms with van der Waals surface area (Å²) in [5, 5.41) is 8.60. The summed E-state index contributed by atoms with van der Waals surface area (Å²) in [5.74, 6) is -0.746. The predicted octanol–water partition coefficient (Wildman–Crippen LogP) is 0.182. The monoisotopic (exact) mass is 173 g/mol. The molecule has 0 aromatic rings. The molecule has 0 aromatic heterocycles. The lowest BCUT2D eigenvalue weighted by Crippen LogP contribution is -2.46. The first-order chi connectivity index (χ1) is 5.74. The molecule has 1 rings (SSSR count). The minimum atomic E-state index is -0.746. The Morgan fingerprint density at radius 3 is 3.08 bits per heavy atom. The van der Waals surface area contributed by atoms with E-state index >= 15 is 0 Å². The van der Waals surface area contributed by atoms with Crippen LogP contribution in [0.25, 0.3) is 0 Å². The summed E-state index contributed by atoms with van der Waals surface area (Å²) >= 11 is 0. The Balaban J connectivity index is 2.41. The first kappa shape index (κ1) is 9.48. The van der Waals surface area contributed by atoms with Crippen molar-refractivity contribution in [2.24, 2.45) is 0 Å². The van der Waals surface area contributed by atoms with Crippen molar-refractivity contribution in [3.05, 3.63) is 0 Å². The van der Waals surface area contributed by atoms with Crippen LogP contribution in [0.2, 0.25) is 0 Å². The van der Waals surface area contributed by atoms with Gasteiger partial charge in [0.2, 0.25) is 0 Å². The van der Waals surface area contributed by atoms with Crippen molar-refractivity contribution < 1.29 is 14.6 Å². The van der Waals surface area contributed by atoms with Crippen LogP contribution in [0.1, 0.15) is 13.3 Å². The first-order valence-corrected chi connectivity index (χ1v) is 4.27. The molecule has 0 aromatic carbocycles. The van der Waals surface area contributed by atoms with Crippen LogP contribution < -0.4 is 0 Å². The molecule has 4 nitrogen and oxygen atoms in total. The van der Waals surface area contributed by atoms with E-state index in [0.29, 0.717) is 6.61 Å². The number of carboxylic acids is 1. The number of carboxylic acid groups (broad SMARTS) is 1. The summed E-state index contributed by atoms with van der Waals surface area (Å²) in [6.07, 6.45) is 0.188. The molecule has 0 bridgehead atoms. The van der Waals surface area contributed by atoms with E-state index in [1.165, 1.54) is 0 Å². The van der Waals surface area contributed by atoms with E-state index < -0.39 is 5.97 Å². The Morgan fingerprint density at radius 2 is 2.50 bits per heavy atom. The largest absolute Gasteiger partial charge is 0.481 e. The van der Waals surface area contributed by atoms with Crippen LogP contribution in [0.5, 0.6) is 0 Å². The van der Waals surface area contributed by atoms with Gasteiger partial charge in [-0.1, -0.05) is 6.92 Å². The fraction of sp³-hybridized carbons (Fsp3) is 0.875. The van der Waals surface area contributed by atoms with Crippen LogP contribution >= 0.6 is 0 Å². The molecule has 0 radical (unpaired) electrons. The van der Waals surface area contributed by atoms with Crippen LogP contribution in [-0.2, 0) is 9.53 Å². The Kier molecular flexibility index (Phi) is 3.49. The van der Waals surface area contributed by atoms with Crippen LogP contribution in [0.3, 0.4) is 0 Å². The van der Waals surface area contributed by atoms with Crippen molar-refractivity contribution in [2.75, 3.05) is 26.3 Å². The van der Waals surface area contributed by atoms with Gasteiger partial charge < -0.3 is 9.84 Å². The molecule has 1 aliphatic rings. The fourth-order valence-electron chi connectivity index (χ4n) is 1.50. The summed E-state index contributed by atoms with van der Waals surface area (Å²) in [5.41, 5.74) is 0. The van der Waals surface area contributed by atoms with Crippen LogP contribution in [-0.4, -0.2) is 48.3 Å². The van der Waals surface area contributed by atoms with Crippen molar-refractivity contribution in [3.8, 4) is 0 Å². The molecule has 0 amide bonds. The zero-order valence-corrected chi connectivity index (χ0v) is 7.32. The lowest BCUT2D eigenvalue weighted by atomic mass is 10.1. The smallest absolute Gasteiger partial charge is 0.305 e. The molecule has 0 unspecified atom stereocenters. The maximum absolute atomic E-state index is 10.4. The average molecular weight is 173 g/mol. The first-order valence-electron chi connectivity index (χ1n) is 4.27. The Morgan fingerprint density at radius 1 is 1.75 bits per heavy atom. The topological polar surface area (TPSA) is 49.8 Å². The van der Waals surface area contributed by atoms with E-state index in [-0.39, 0.29) is 12.5 Å². The molecule has 0 aliphatic carbocycles. The number of carbonyl (C=O) groups is 1. The van der Waals surface area contributed by atoms with Crippen LogP contribution in [0.4, 0.5) is 0 Å². The van der Waals surface area contributed by atoms with E-state index in [4.69, 9.17) is 9.84 Å². The molecule has 0 saturated carbocycles. The summed E-state index contributed by atoms with van der Waals surface area (Å²) in [7, 11) is 0. The van der Waals surface area contributed by atoms with E-state index in [0.717, 1.165) is 19.7 Å². The van der Waals surface area contributed by atoms with E-state index in [1.54, 1.807) is 0 Å². The summed E-state index contributed by atoms with van der Waals surface area (Å²) < 4.78 is 5.21. The number of likely N-dealkylation sites (N-methyl/N-ethyl adjacent to an activating group) is 1. The van der Waals surface area contributed by atoms with Gasteiger partial charge in [-0.25, -0.2) is 0 Å². The van der Waals surface area contributed by atoms with Gasteiger partial charge in [0.15, 0.2) is 0 Å². The van der Waals surface area contributed by atoms with Gasteiger partial charge in [0.25, 0.3) is 0 Å². The van der Waals surface area contributed by atoms with Gasteiger partial charge in [-0.15, -0.1) is 0 Å². The van der Waals surface area contributed by atoms with Gasteiger partial charge in [0.1, 0.15) is 0 Å². The Hall–Kier alpha value is -0.610. The molecule has 12 heavy (non-hydrogen) atoms. The number of ether oxygens (including phenoxy) is 1. The zero-order chi connectivity index (χ0) is 8.97. The Bertz CT molecular complexity index is 160. The van der Waals surface area contributed by atoms with E-state index in [2.05, 4.69) is 4.90 Å². The Labute approximate surface area is 72.1 Å². The highest BCUT2D eigenvalue weighted by Crippen LogP contribution is 2.09. The quantitative estimate of drug-likeness (QED) is 0.661. The minimum Gasteiger partial charge on any atom is -0.481 e. The summed E-state index contributed by atoms with van der Waals surface area (Å²) in [6, 6.07) is 0.0706. The van der Waals surface area contributed by atoms with Crippen molar-refractivity contribution >= 4 is 5.97 Å². The second-order valence-corrected chi connectivity index (χ2v) is 2.96. The van der Waals surface area contributed by atoms with E-state index in [1.807, 2.05) is 6.92 Å². The number of hydrogen-bond donors (Lipinski definition) is 1. The van der Waals surface area contributed by atoms with Gasteiger partial charge in [0.05, 0.1) is 19.6 Å². The molecule has 70 valence electrons. The highest BCUT2D eigenvalue weighted by molar-refractivity contribution is 5.67. The number of aliphatic carboxylic acids is 1. The molecule has 1 atom stereocenters. The van der Waals surface area contributed by atoms with Gasteiger partial charge in [0, 0.05) is 12.6 Å². The third kappa shape index (κ3) is 2.46. The molecule has 1 N–H and O–H groups in total. The van der Waals surface area contributed by atoms with Gasteiger partial charge >= 0.3 is 5.97 Å². The number of hydrogen-bond acceptors (Lipinski definition) is 3. The summed E-state index contributed by atoms with van der Waals surface area (Å²) in [4.78, 5) is 12.6. The zero-order valence-electron chi connectivity index (χ0n) is 7.32. The van der Waals surface area contributed by atoms with Gasteiger partial charge in [-0.3, -0.25) is 9.69 Å². The highest BCUT2D eigenvalue weighted by atomic mass is 16.5. The molecule has 1 saturated heterocycles. The maximum atomic E-state index is 10.4.